The number of rotatable bonds is 9. The average molecular weight is 468 g/mol. The molecule has 2 aromatic rings. The van der Waals surface area contributed by atoms with Gasteiger partial charge in [0.1, 0.15) is 11.6 Å². The highest BCUT2D eigenvalue weighted by molar-refractivity contribution is 7.11. The third-order valence-corrected chi connectivity index (χ3v) is 5.63. The lowest BCUT2D eigenvalue weighted by Crippen LogP contribution is -2.33. The lowest BCUT2D eigenvalue weighted by molar-refractivity contribution is -0.127. The van der Waals surface area contributed by atoms with Crippen molar-refractivity contribution in [3.63, 3.8) is 0 Å². The minimum Gasteiger partial charge on any atom is -0.477 e. The minimum atomic E-state index is -1.40. The fourth-order valence-corrected chi connectivity index (χ4v) is 3.87. The summed E-state index contributed by atoms with van der Waals surface area (Å²) in [5.41, 5.74) is -0.349. The van der Waals surface area contributed by atoms with Crippen LogP contribution < -0.4 is 15.4 Å². The van der Waals surface area contributed by atoms with Crippen LogP contribution >= 0.6 is 11.5 Å². The lowest BCUT2D eigenvalue weighted by atomic mass is 10.1. The van der Waals surface area contributed by atoms with Gasteiger partial charge in [-0.05, 0) is 36.9 Å². The number of aromatic nitrogens is 1. The number of halogens is 2. The second kappa shape index (κ2) is 10.4. The number of benzene rings is 1. The summed E-state index contributed by atoms with van der Waals surface area (Å²) < 4.78 is 36.8. The van der Waals surface area contributed by atoms with E-state index in [1.165, 1.54) is 19.1 Å². The quantitative estimate of drug-likeness (QED) is 0.486. The van der Waals surface area contributed by atoms with Crippen LogP contribution in [0.5, 0.6) is 5.88 Å². The van der Waals surface area contributed by atoms with E-state index in [1.807, 2.05) is 0 Å². The number of urea groups is 1. The van der Waals surface area contributed by atoms with Gasteiger partial charge in [-0.15, -0.1) is 0 Å². The van der Waals surface area contributed by atoms with Gasteiger partial charge in [0.15, 0.2) is 17.2 Å². The number of nitrogens with one attached hydrogen (secondary N) is 2. The highest BCUT2D eigenvalue weighted by Crippen LogP contribution is 2.31. The molecule has 1 saturated heterocycles. The Morgan fingerprint density at radius 3 is 2.78 bits per heavy atom. The zero-order chi connectivity index (χ0) is 23.3. The summed E-state index contributed by atoms with van der Waals surface area (Å²) in [5.74, 6) is -3.69. The first-order chi connectivity index (χ1) is 15.3. The molecular formula is C20H22F2N4O5S. The smallest absolute Gasteiger partial charge is 0.344 e. The van der Waals surface area contributed by atoms with E-state index in [1.54, 1.807) is 4.90 Å². The molecule has 12 heteroatoms. The summed E-state index contributed by atoms with van der Waals surface area (Å²) in [6.45, 7) is 2.53. The van der Waals surface area contributed by atoms with Gasteiger partial charge >= 0.3 is 12.0 Å². The largest absolute Gasteiger partial charge is 0.477 e. The number of carbonyl (C=O) groups excluding carboxylic acids is 2. The number of nitrogens with zero attached hydrogens (tertiary/aromatic N) is 2. The van der Waals surface area contributed by atoms with Gasteiger partial charge in [-0.3, -0.25) is 10.1 Å². The Hall–Kier alpha value is -3.28. The Kier molecular flexibility index (Phi) is 7.57. The zero-order valence-corrected chi connectivity index (χ0v) is 18.1. The van der Waals surface area contributed by atoms with Crippen LogP contribution in [0.2, 0.25) is 0 Å². The molecule has 0 unspecified atom stereocenters. The molecule has 1 aliphatic rings. The van der Waals surface area contributed by atoms with Crippen molar-refractivity contribution in [1.29, 1.82) is 0 Å². The molecule has 0 saturated carbocycles. The first-order valence-corrected chi connectivity index (χ1v) is 10.7. The topological polar surface area (TPSA) is 121 Å². The third kappa shape index (κ3) is 5.49. The van der Waals surface area contributed by atoms with Crippen molar-refractivity contribution in [1.82, 2.24) is 14.6 Å². The molecular weight excluding hydrogens is 446 g/mol. The molecule has 3 rings (SSSR count). The van der Waals surface area contributed by atoms with Crippen molar-refractivity contribution in [2.45, 2.75) is 32.8 Å². The van der Waals surface area contributed by atoms with Crippen LogP contribution in [0.3, 0.4) is 0 Å². The number of likely N-dealkylation sites (tertiary alicyclic amines) is 1. The Morgan fingerprint density at radius 2 is 2.09 bits per heavy atom. The molecule has 32 heavy (non-hydrogen) atoms. The van der Waals surface area contributed by atoms with E-state index in [9.17, 15) is 28.3 Å². The molecule has 172 valence electrons. The monoisotopic (exact) mass is 468 g/mol. The fourth-order valence-electron chi connectivity index (χ4n) is 3.15. The Bertz CT molecular complexity index is 1030. The maximum Gasteiger partial charge on any atom is 0.344 e. The van der Waals surface area contributed by atoms with Gasteiger partial charge in [-0.1, -0.05) is 12.1 Å². The number of carboxylic acids is 1. The van der Waals surface area contributed by atoms with E-state index < -0.39 is 30.2 Å². The molecule has 2 heterocycles. The van der Waals surface area contributed by atoms with Crippen LogP contribution in [0, 0.1) is 18.6 Å². The Morgan fingerprint density at radius 1 is 1.31 bits per heavy atom. The number of aromatic carboxylic acids is 1. The number of carboxylic acid groups (broad SMARTS) is 1. The number of aryl methyl sites for hydroxylation is 1. The van der Waals surface area contributed by atoms with Gasteiger partial charge in [0.05, 0.1) is 0 Å². The zero-order valence-electron chi connectivity index (χ0n) is 17.2. The maximum atomic E-state index is 14.0. The summed E-state index contributed by atoms with van der Waals surface area (Å²) in [6.07, 6.45) is 1.94. The minimum absolute atomic E-state index is 0.0599. The number of hydrogen-bond acceptors (Lipinski definition) is 6. The van der Waals surface area contributed by atoms with Crippen molar-refractivity contribution in [3.05, 3.63) is 40.5 Å². The highest BCUT2D eigenvalue weighted by atomic mass is 32.1. The highest BCUT2D eigenvalue weighted by Gasteiger charge is 2.24. The number of hydrogen-bond donors (Lipinski definition) is 3. The van der Waals surface area contributed by atoms with E-state index in [-0.39, 0.29) is 33.5 Å². The van der Waals surface area contributed by atoms with E-state index in [4.69, 9.17) is 4.74 Å². The summed E-state index contributed by atoms with van der Waals surface area (Å²) >= 11 is 0.689. The first-order valence-electron chi connectivity index (χ1n) is 9.89. The standard InChI is InChI=1S/C20H22F2N4O5S/c1-11-5-6-12(16(22)15(11)21)10-31-17-14(19(28)29)18(32-25-17)24-20(30)23-7-3-9-26-8-2-4-13(26)27/h5-6H,2-4,7-10H2,1H3,(H,28,29)(H2,23,24,30). The molecule has 9 nitrogen and oxygen atoms in total. The van der Waals surface area contributed by atoms with Gasteiger partial charge < -0.3 is 20.1 Å². The number of ether oxygens (including phenoxy) is 1. The maximum absolute atomic E-state index is 14.0. The fraction of sp³-hybridized carbons (Fsp3) is 0.400. The summed E-state index contributed by atoms with van der Waals surface area (Å²) in [7, 11) is 0. The van der Waals surface area contributed by atoms with Crippen molar-refractivity contribution in [2.24, 2.45) is 0 Å². The SMILES string of the molecule is Cc1ccc(COc2nsc(NC(=O)NCCCN3CCCC3=O)c2C(=O)O)c(F)c1F. The van der Waals surface area contributed by atoms with E-state index in [2.05, 4.69) is 15.0 Å². The molecule has 0 radical (unpaired) electrons. The molecule has 1 aromatic carbocycles. The molecule has 3 N–H and O–H groups in total. The van der Waals surface area contributed by atoms with Crippen molar-refractivity contribution >= 4 is 34.4 Å². The van der Waals surface area contributed by atoms with Crippen molar-refractivity contribution in [2.75, 3.05) is 25.0 Å². The number of carbonyl (C=O) groups is 3. The molecule has 1 fully saturated rings. The number of amides is 3. The van der Waals surface area contributed by atoms with E-state index in [0.29, 0.717) is 37.5 Å². The lowest BCUT2D eigenvalue weighted by Gasteiger charge is -2.15. The second-order valence-electron chi connectivity index (χ2n) is 7.17. The normalized spacial score (nSPS) is 13.3. The van der Waals surface area contributed by atoms with Gasteiger partial charge in [0, 0.05) is 31.6 Å². The van der Waals surface area contributed by atoms with E-state index >= 15 is 0 Å². The van der Waals surface area contributed by atoms with Crippen LogP contribution in [0.1, 0.15) is 40.7 Å². The van der Waals surface area contributed by atoms with Gasteiger partial charge in [0.2, 0.25) is 11.8 Å². The van der Waals surface area contributed by atoms with Crippen LogP contribution in [0.4, 0.5) is 18.6 Å². The van der Waals surface area contributed by atoms with Crippen LogP contribution in [-0.2, 0) is 11.4 Å². The Labute approximate surface area is 186 Å². The Balaban J connectivity index is 1.56. The predicted octanol–water partition coefficient (Wildman–Crippen LogP) is 3.14. The average Bonchev–Trinajstić information content (AvgIpc) is 3.34. The summed E-state index contributed by atoms with van der Waals surface area (Å²) in [6, 6.07) is 2.08. The van der Waals surface area contributed by atoms with Gasteiger partial charge in [-0.25, -0.2) is 18.4 Å². The predicted molar refractivity (Wildman–Crippen MR) is 112 cm³/mol. The molecule has 3 amide bonds. The van der Waals surface area contributed by atoms with Crippen molar-refractivity contribution < 1.29 is 33.0 Å². The third-order valence-electron chi connectivity index (χ3n) is 4.88. The molecule has 0 spiro atoms. The van der Waals surface area contributed by atoms with Crippen LogP contribution in [0.15, 0.2) is 12.1 Å². The van der Waals surface area contributed by atoms with Gasteiger partial charge in [0.25, 0.3) is 0 Å². The molecule has 0 bridgehead atoms. The van der Waals surface area contributed by atoms with Gasteiger partial charge in [-0.2, -0.15) is 4.37 Å². The first kappa shape index (κ1) is 23.4. The van der Waals surface area contributed by atoms with E-state index in [0.717, 1.165) is 13.0 Å². The molecule has 0 atom stereocenters. The molecule has 1 aromatic heterocycles. The summed E-state index contributed by atoms with van der Waals surface area (Å²) in [5, 5.41) is 14.4. The molecule has 1 aliphatic heterocycles. The van der Waals surface area contributed by atoms with Crippen LogP contribution in [0.25, 0.3) is 0 Å². The van der Waals surface area contributed by atoms with Crippen LogP contribution in [-0.4, -0.2) is 51.9 Å². The van der Waals surface area contributed by atoms with Crippen molar-refractivity contribution in [3.8, 4) is 5.88 Å². The number of anilines is 1. The second-order valence-corrected chi connectivity index (χ2v) is 7.95. The summed E-state index contributed by atoms with van der Waals surface area (Å²) in [4.78, 5) is 37.0. The molecule has 0 aliphatic carbocycles.